The number of imidazole rings is 1. The van der Waals surface area contributed by atoms with Crippen LogP contribution >= 0.6 is 7.82 Å². The maximum absolute atomic E-state index is 12.5. The summed E-state index contributed by atoms with van der Waals surface area (Å²) in [5.74, 6) is -0.225. The fourth-order valence-corrected chi connectivity index (χ4v) is 5.18. The molecular weight excluding hydrogens is 587 g/mol. The second kappa shape index (κ2) is 20.9. The molecule has 0 bridgehead atoms. The van der Waals surface area contributed by atoms with Crippen molar-refractivity contribution in [2.24, 2.45) is 4.99 Å². The number of nitrogens with zero attached hydrogens (tertiary/aromatic N) is 5. The topological polar surface area (TPSA) is 198 Å². The molecule has 1 aliphatic rings. The van der Waals surface area contributed by atoms with Crippen LogP contribution in [0, 0.1) is 0 Å². The average molecular weight is 630 g/mol. The van der Waals surface area contributed by atoms with E-state index in [2.05, 4.69) is 31.4 Å². The number of ether oxygens (including phenoxy) is 1. The molecule has 0 saturated carbocycles. The number of aliphatic imine (C=N–C) groups is 1. The van der Waals surface area contributed by atoms with Gasteiger partial charge in [0.2, 0.25) is 0 Å². The molecule has 1 fully saturated rings. The van der Waals surface area contributed by atoms with Gasteiger partial charge in [-0.05, 0) is 18.7 Å². The molecule has 0 radical (unpaired) electrons. The third-order valence-electron chi connectivity index (χ3n) is 7.08. The van der Waals surface area contributed by atoms with Crippen LogP contribution in [-0.4, -0.2) is 65.4 Å². The Morgan fingerprint density at radius 3 is 2.12 bits per heavy atom. The summed E-state index contributed by atoms with van der Waals surface area (Å²) in [6, 6.07) is 0. The van der Waals surface area contributed by atoms with Crippen LogP contribution in [0.2, 0.25) is 0 Å². The minimum Gasteiger partial charge on any atom is -0.862 e. The monoisotopic (exact) mass is 629 g/mol. The standard InChI is InChI=1S/C26H44N5O8P.2Na/c1-2-3-4-5-6-7-8-9-10-11-12-13-14-15-20(32)30-24-21-25(28-17-27-24)31(18-29-21)26-23(34)22(33)19(39-26)16-38-40(35,36)37;;/h17-19,22-23,26,33-34H,2-16H2,1H3,(H2,35,36,37)(H,27,28,30,32);;/q;2*+1/p-2/t19-,22-,23-,26-;;/m1../s1. The van der Waals surface area contributed by atoms with Crippen LogP contribution in [-0.2, 0) is 13.8 Å². The Morgan fingerprint density at radius 1 is 0.976 bits per heavy atom. The van der Waals surface area contributed by atoms with E-state index in [1.165, 1.54) is 81.4 Å². The molecular formula is C26H42N5Na2O8P. The first-order valence-electron chi connectivity index (χ1n) is 14.3. The molecule has 5 atom stereocenters. The normalized spacial score (nSPS) is 22.1. The molecule has 1 saturated heterocycles. The van der Waals surface area contributed by atoms with Crippen molar-refractivity contribution < 1.29 is 98.0 Å². The van der Waals surface area contributed by atoms with Crippen LogP contribution in [0.25, 0.3) is 11.2 Å². The Morgan fingerprint density at radius 2 is 1.55 bits per heavy atom. The van der Waals surface area contributed by atoms with Gasteiger partial charge in [-0.25, -0.2) is 19.9 Å². The molecule has 0 spiro atoms. The number of aliphatic hydroxyl groups excluding tert-OH is 2. The number of hydrogen-bond acceptors (Lipinski definition) is 11. The van der Waals surface area contributed by atoms with Crippen molar-refractivity contribution >= 4 is 30.7 Å². The molecule has 0 aromatic carbocycles. The number of phosphoric acid groups is 1. The number of aromatic nitrogens is 4. The van der Waals surface area contributed by atoms with Crippen LogP contribution < -0.4 is 69.1 Å². The Labute approximate surface area is 291 Å². The average Bonchev–Trinajstić information content (AvgIpc) is 3.46. The van der Waals surface area contributed by atoms with Crippen molar-refractivity contribution in [2.45, 2.75) is 121 Å². The van der Waals surface area contributed by atoms with Crippen molar-refractivity contribution in [3.63, 3.8) is 0 Å². The summed E-state index contributed by atoms with van der Waals surface area (Å²) in [5.41, 5.74) is 0.419. The SMILES string of the molecule is CCCCCCCCCCCCCCCC([O-])=Nc1ncnc2c1ncn2[C@@H]1O[C@H](COP(=O)([O-])O)[C@@H](O)[C@H]1O.[Na+].[Na+]. The Kier molecular flexibility index (Phi) is 19.9. The molecule has 13 nitrogen and oxygen atoms in total. The van der Waals surface area contributed by atoms with Gasteiger partial charge in [-0.1, -0.05) is 84.0 Å². The maximum atomic E-state index is 12.5. The quantitative estimate of drug-likeness (QED) is 0.0465. The second-order valence-electron chi connectivity index (χ2n) is 10.3. The Hall–Kier alpha value is 0.01000. The molecule has 3 heterocycles. The van der Waals surface area contributed by atoms with Gasteiger partial charge in [-0.15, -0.1) is 0 Å². The van der Waals surface area contributed by atoms with Gasteiger partial charge in [0.15, 0.2) is 23.2 Å². The number of rotatable bonds is 19. The first kappa shape index (κ1) is 40.0. The zero-order chi connectivity index (χ0) is 29.0. The van der Waals surface area contributed by atoms with Crippen LogP contribution in [0.1, 0.15) is 103 Å². The first-order chi connectivity index (χ1) is 19.2. The smallest absolute Gasteiger partial charge is 0.862 e. The minimum absolute atomic E-state index is 0. The van der Waals surface area contributed by atoms with Gasteiger partial charge in [0, 0.05) is 0 Å². The number of unbranched alkanes of at least 4 members (excludes halogenated alkanes) is 12. The summed E-state index contributed by atoms with van der Waals surface area (Å²) in [6.45, 7) is 1.54. The molecule has 226 valence electrons. The number of hydrogen-bond donors (Lipinski definition) is 3. The van der Waals surface area contributed by atoms with E-state index >= 15 is 0 Å². The third kappa shape index (κ3) is 13.2. The molecule has 0 amide bonds. The van der Waals surface area contributed by atoms with E-state index < -0.39 is 39.0 Å². The van der Waals surface area contributed by atoms with Crippen LogP contribution in [0.3, 0.4) is 0 Å². The van der Waals surface area contributed by atoms with Crippen LogP contribution in [0.4, 0.5) is 5.82 Å². The van der Waals surface area contributed by atoms with E-state index in [4.69, 9.17) is 9.63 Å². The zero-order valence-electron chi connectivity index (χ0n) is 25.1. The zero-order valence-corrected chi connectivity index (χ0v) is 30.0. The fraction of sp³-hybridized carbons (Fsp3) is 0.769. The Balaban J connectivity index is 0.00000441. The summed E-state index contributed by atoms with van der Waals surface area (Å²) in [6.07, 6.45) is 13.3. The van der Waals surface area contributed by atoms with Crippen molar-refractivity contribution in [1.82, 2.24) is 19.5 Å². The molecule has 2 aromatic rings. The largest absolute Gasteiger partial charge is 1.00 e. The van der Waals surface area contributed by atoms with Gasteiger partial charge >= 0.3 is 59.1 Å². The summed E-state index contributed by atoms with van der Waals surface area (Å²) in [4.78, 5) is 36.2. The van der Waals surface area contributed by atoms with E-state index in [0.717, 1.165) is 19.3 Å². The van der Waals surface area contributed by atoms with Crippen LogP contribution in [0.15, 0.2) is 17.6 Å². The molecule has 1 unspecified atom stereocenters. The van der Waals surface area contributed by atoms with E-state index in [9.17, 15) is 24.8 Å². The molecule has 42 heavy (non-hydrogen) atoms. The van der Waals surface area contributed by atoms with Gasteiger partial charge in [0.25, 0.3) is 7.82 Å². The van der Waals surface area contributed by atoms with Gasteiger partial charge in [-0.2, -0.15) is 0 Å². The number of phosphoric ester groups is 1. The van der Waals surface area contributed by atoms with Crippen molar-refractivity contribution in [1.29, 1.82) is 0 Å². The summed E-state index contributed by atoms with van der Waals surface area (Å²) in [5, 5.41) is 33.1. The number of fused-ring (bicyclic) bond motifs is 1. The molecule has 0 aliphatic carbocycles. The van der Waals surface area contributed by atoms with E-state index in [0.29, 0.717) is 6.42 Å². The van der Waals surface area contributed by atoms with Crippen molar-refractivity contribution in [3.8, 4) is 0 Å². The van der Waals surface area contributed by atoms with E-state index in [1.807, 2.05) is 0 Å². The summed E-state index contributed by atoms with van der Waals surface area (Å²) < 4.78 is 22.0. The second-order valence-corrected chi connectivity index (χ2v) is 11.5. The summed E-state index contributed by atoms with van der Waals surface area (Å²) in [7, 11) is -5.03. The third-order valence-corrected chi connectivity index (χ3v) is 7.55. The minimum atomic E-state index is -5.03. The van der Waals surface area contributed by atoms with Gasteiger partial charge in [0.1, 0.15) is 24.6 Å². The molecule has 16 heteroatoms. The van der Waals surface area contributed by atoms with Crippen LogP contribution in [0.5, 0.6) is 0 Å². The maximum Gasteiger partial charge on any atom is 1.00 e. The molecule has 1 aliphatic heterocycles. The predicted molar refractivity (Wildman–Crippen MR) is 144 cm³/mol. The van der Waals surface area contributed by atoms with Gasteiger partial charge in [-0.3, -0.25) is 9.13 Å². The van der Waals surface area contributed by atoms with E-state index in [1.54, 1.807) is 0 Å². The molecule has 3 rings (SSSR count). The van der Waals surface area contributed by atoms with Gasteiger partial charge in [0.05, 0.1) is 12.9 Å². The molecule has 3 N–H and O–H groups in total. The van der Waals surface area contributed by atoms with Crippen molar-refractivity contribution in [3.05, 3.63) is 12.7 Å². The fourth-order valence-electron chi connectivity index (χ4n) is 4.84. The predicted octanol–water partition coefficient (Wildman–Crippen LogP) is -3.20. The number of aliphatic hydroxyl groups is 2. The first-order valence-corrected chi connectivity index (χ1v) is 15.8. The van der Waals surface area contributed by atoms with Gasteiger partial charge < -0.3 is 34.4 Å². The Bertz CT molecular complexity index is 1120. The summed E-state index contributed by atoms with van der Waals surface area (Å²) >= 11 is 0. The molecule has 2 aromatic heterocycles. The van der Waals surface area contributed by atoms with Crippen molar-refractivity contribution in [2.75, 3.05) is 6.61 Å². The van der Waals surface area contributed by atoms with E-state index in [-0.39, 0.29) is 82.0 Å².